The Balaban J connectivity index is 1.97. The zero-order chi connectivity index (χ0) is 14.1. The van der Waals surface area contributed by atoms with Gasteiger partial charge in [-0.15, -0.1) is 0 Å². The Labute approximate surface area is 131 Å². The number of nitrogen functional groups attached to an aromatic ring is 1. The van der Waals surface area contributed by atoms with Crippen molar-refractivity contribution in [3.8, 4) is 0 Å². The average molecular weight is 382 g/mol. The van der Waals surface area contributed by atoms with E-state index < -0.39 is 0 Å². The van der Waals surface area contributed by atoms with Crippen molar-refractivity contribution < 1.29 is 4.39 Å². The summed E-state index contributed by atoms with van der Waals surface area (Å²) in [4.78, 5) is 2.18. The molecule has 2 aromatic carbocycles. The van der Waals surface area contributed by atoms with E-state index in [-0.39, 0.29) is 5.82 Å². The lowest BCUT2D eigenvalue weighted by Gasteiger charge is -2.25. The van der Waals surface area contributed by atoms with E-state index >= 15 is 0 Å². The molecule has 20 heavy (non-hydrogen) atoms. The van der Waals surface area contributed by atoms with Crippen LogP contribution in [0, 0.1) is 9.39 Å². The van der Waals surface area contributed by atoms with Crippen molar-refractivity contribution in [1.29, 1.82) is 0 Å². The monoisotopic (exact) mass is 382 g/mol. The van der Waals surface area contributed by atoms with Crippen molar-refractivity contribution >= 4 is 34.0 Å². The standard InChI is InChI=1S/C16H16FIN2/c17-13-8-16(15(19)9-14(13)18)20-7-3-6-11-4-1-2-5-12(11)10-20/h1-2,4-5,8-9H,3,6-7,10,19H2. The van der Waals surface area contributed by atoms with E-state index in [0.29, 0.717) is 9.26 Å². The SMILES string of the molecule is Nc1cc(I)c(F)cc1N1CCCc2ccccc2C1. The van der Waals surface area contributed by atoms with Gasteiger partial charge in [-0.05, 0) is 52.6 Å². The zero-order valence-corrected chi connectivity index (χ0v) is 13.2. The summed E-state index contributed by atoms with van der Waals surface area (Å²) in [6.45, 7) is 1.69. The first-order valence-electron chi connectivity index (χ1n) is 6.71. The summed E-state index contributed by atoms with van der Waals surface area (Å²) in [5.41, 5.74) is 10.2. The van der Waals surface area contributed by atoms with Crippen molar-refractivity contribution in [3.63, 3.8) is 0 Å². The molecule has 2 N–H and O–H groups in total. The summed E-state index contributed by atoms with van der Waals surface area (Å²) < 4.78 is 14.4. The number of nitrogens with zero attached hydrogens (tertiary/aromatic N) is 1. The Bertz CT molecular complexity index is 642. The summed E-state index contributed by atoms with van der Waals surface area (Å²) in [7, 11) is 0. The van der Waals surface area contributed by atoms with Crippen LogP contribution in [-0.2, 0) is 13.0 Å². The molecule has 0 bridgehead atoms. The van der Waals surface area contributed by atoms with Crippen LogP contribution in [0.15, 0.2) is 36.4 Å². The number of nitrogens with two attached hydrogens (primary N) is 1. The van der Waals surface area contributed by atoms with E-state index in [2.05, 4.69) is 29.2 Å². The van der Waals surface area contributed by atoms with Crippen LogP contribution in [-0.4, -0.2) is 6.54 Å². The number of benzene rings is 2. The number of fused-ring (bicyclic) bond motifs is 1. The second kappa shape index (κ2) is 5.60. The number of rotatable bonds is 1. The molecule has 4 heteroatoms. The first kappa shape index (κ1) is 13.7. The number of halogens is 2. The smallest absolute Gasteiger partial charge is 0.138 e. The number of hydrogen-bond acceptors (Lipinski definition) is 2. The van der Waals surface area contributed by atoms with E-state index in [1.165, 1.54) is 11.1 Å². The van der Waals surface area contributed by atoms with Gasteiger partial charge in [0.1, 0.15) is 5.82 Å². The summed E-state index contributed by atoms with van der Waals surface area (Å²) in [6, 6.07) is 11.7. The van der Waals surface area contributed by atoms with Crippen LogP contribution < -0.4 is 10.6 Å². The van der Waals surface area contributed by atoms with Crippen molar-refractivity contribution in [3.05, 3.63) is 56.9 Å². The molecular weight excluding hydrogens is 366 g/mol. The summed E-state index contributed by atoms with van der Waals surface area (Å²) in [5, 5.41) is 0. The fourth-order valence-electron chi connectivity index (χ4n) is 2.73. The van der Waals surface area contributed by atoms with E-state index in [1.807, 2.05) is 22.6 Å². The minimum atomic E-state index is -0.202. The fraction of sp³-hybridized carbons (Fsp3) is 0.250. The second-order valence-corrected chi connectivity index (χ2v) is 6.28. The molecule has 0 aromatic heterocycles. The maximum absolute atomic E-state index is 13.8. The van der Waals surface area contributed by atoms with E-state index in [0.717, 1.165) is 31.6 Å². The Hall–Kier alpha value is -1.30. The van der Waals surface area contributed by atoms with Crippen molar-refractivity contribution in [1.82, 2.24) is 0 Å². The second-order valence-electron chi connectivity index (χ2n) is 5.12. The quantitative estimate of drug-likeness (QED) is 0.598. The van der Waals surface area contributed by atoms with Crippen molar-refractivity contribution in [2.24, 2.45) is 0 Å². The predicted molar refractivity (Wildman–Crippen MR) is 89.3 cm³/mol. The molecule has 2 nitrogen and oxygen atoms in total. The van der Waals surface area contributed by atoms with Gasteiger partial charge in [0.25, 0.3) is 0 Å². The van der Waals surface area contributed by atoms with Crippen LogP contribution in [0.4, 0.5) is 15.8 Å². The van der Waals surface area contributed by atoms with Crippen LogP contribution in [0.3, 0.4) is 0 Å². The van der Waals surface area contributed by atoms with Crippen LogP contribution >= 0.6 is 22.6 Å². The Morgan fingerprint density at radius 3 is 2.70 bits per heavy atom. The minimum Gasteiger partial charge on any atom is -0.397 e. The third-order valence-corrected chi connectivity index (χ3v) is 4.59. The molecular formula is C16H16FIN2. The highest BCUT2D eigenvalue weighted by atomic mass is 127. The highest BCUT2D eigenvalue weighted by Crippen LogP contribution is 2.31. The third-order valence-electron chi connectivity index (χ3n) is 3.76. The zero-order valence-electron chi connectivity index (χ0n) is 11.1. The molecule has 104 valence electrons. The molecule has 0 spiro atoms. The first-order valence-corrected chi connectivity index (χ1v) is 7.79. The van der Waals surface area contributed by atoms with Crippen LogP contribution in [0.1, 0.15) is 17.5 Å². The van der Waals surface area contributed by atoms with Crippen LogP contribution in [0.2, 0.25) is 0 Å². The summed E-state index contributed by atoms with van der Waals surface area (Å²) >= 11 is 1.97. The van der Waals surface area contributed by atoms with Crippen molar-refractivity contribution in [2.45, 2.75) is 19.4 Å². The van der Waals surface area contributed by atoms with Gasteiger partial charge in [-0.2, -0.15) is 0 Å². The molecule has 0 unspecified atom stereocenters. The Kier molecular flexibility index (Phi) is 3.83. The lowest BCUT2D eigenvalue weighted by molar-refractivity contribution is 0.619. The first-order chi connectivity index (χ1) is 9.65. The van der Waals surface area contributed by atoms with E-state index in [9.17, 15) is 4.39 Å². The van der Waals surface area contributed by atoms with Crippen LogP contribution in [0.25, 0.3) is 0 Å². The molecule has 0 saturated heterocycles. The molecule has 0 radical (unpaired) electrons. The number of aryl methyl sites for hydroxylation is 1. The molecule has 0 fully saturated rings. The van der Waals surface area contributed by atoms with Gasteiger partial charge in [0, 0.05) is 19.2 Å². The topological polar surface area (TPSA) is 29.3 Å². The largest absolute Gasteiger partial charge is 0.397 e. The fourth-order valence-corrected chi connectivity index (χ4v) is 3.22. The van der Waals surface area contributed by atoms with Crippen LogP contribution in [0.5, 0.6) is 0 Å². The van der Waals surface area contributed by atoms with Crippen molar-refractivity contribution in [2.75, 3.05) is 17.2 Å². The van der Waals surface area contributed by atoms with Gasteiger partial charge in [-0.25, -0.2) is 4.39 Å². The molecule has 1 aliphatic rings. The van der Waals surface area contributed by atoms with Gasteiger partial charge in [0.2, 0.25) is 0 Å². The maximum atomic E-state index is 13.8. The molecule has 0 aliphatic carbocycles. The molecule has 1 heterocycles. The maximum Gasteiger partial charge on any atom is 0.138 e. The molecule has 2 aromatic rings. The van der Waals surface area contributed by atoms with E-state index in [4.69, 9.17) is 5.73 Å². The highest BCUT2D eigenvalue weighted by molar-refractivity contribution is 14.1. The van der Waals surface area contributed by atoms with Gasteiger partial charge in [0.05, 0.1) is 14.9 Å². The normalized spacial score (nSPS) is 14.8. The molecule has 0 atom stereocenters. The van der Waals surface area contributed by atoms with Gasteiger partial charge in [-0.1, -0.05) is 24.3 Å². The Morgan fingerprint density at radius 1 is 1.15 bits per heavy atom. The van der Waals surface area contributed by atoms with Gasteiger partial charge in [-0.3, -0.25) is 0 Å². The third kappa shape index (κ3) is 2.61. The number of hydrogen-bond donors (Lipinski definition) is 1. The van der Waals surface area contributed by atoms with Gasteiger partial charge < -0.3 is 10.6 Å². The predicted octanol–water partition coefficient (Wildman–Crippen LogP) is 3.97. The summed E-state index contributed by atoms with van der Waals surface area (Å²) in [6.07, 6.45) is 2.13. The molecule has 1 aliphatic heterocycles. The summed E-state index contributed by atoms with van der Waals surface area (Å²) in [5.74, 6) is -0.202. The molecule has 3 rings (SSSR count). The lowest BCUT2D eigenvalue weighted by atomic mass is 10.0. The lowest BCUT2D eigenvalue weighted by Crippen LogP contribution is -2.23. The van der Waals surface area contributed by atoms with E-state index in [1.54, 1.807) is 12.1 Å². The molecule has 0 amide bonds. The minimum absolute atomic E-state index is 0.202. The number of anilines is 2. The van der Waals surface area contributed by atoms with Gasteiger partial charge in [0.15, 0.2) is 0 Å². The van der Waals surface area contributed by atoms with Gasteiger partial charge >= 0.3 is 0 Å². The highest BCUT2D eigenvalue weighted by Gasteiger charge is 2.17. The average Bonchev–Trinajstić information content (AvgIpc) is 2.65. The Morgan fingerprint density at radius 2 is 1.90 bits per heavy atom. The molecule has 0 saturated carbocycles.